The van der Waals surface area contributed by atoms with E-state index in [-0.39, 0.29) is 15.6 Å². The fourth-order valence-corrected chi connectivity index (χ4v) is 2.39. The van der Waals surface area contributed by atoms with Crippen LogP contribution in [0, 0.1) is 6.92 Å². The standard InChI is InChI=1S/C14H11Cl3N2O/c1-7-2-3-12(10(15)4-7)19-14(20)9-5-8(18)6-11(16)13(9)17/h2-6H,18H2,1H3,(H,19,20). The van der Waals surface area contributed by atoms with E-state index >= 15 is 0 Å². The summed E-state index contributed by atoms with van der Waals surface area (Å²) in [5.41, 5.74) is 7.72. The first-order valence-corrected chi connectivity index (χ1v) is 6.84. The minimum absolute atomic E-state index is 0.154. The van der Waals surface area contributed by atoms with Gasteiger partial charge < -0.3 is 11.1 Å². The molecule has 0 saturated heterocycles. The zero-order valence-electron chi connectivity index (χ0n) is 10.5. The third-order valence-electron chi connectivity index (χ3n) is 2.67. The number of carbonyl (C=O) groups is 1. The summed E-state index contributed by atoms with van der Waals surface area (Å²) in [5, 5.41) is 3.51. The van der Waals surface area contributed by atoms with Crippen molar-refractivity contribution in [2.75, 3.05) is 11.1 Å². The molecule has 1 amide bonds. The summed E-state index contributed by atoms with van der Waals surface area (Å²) in [7, 11) is 0. The normalized spacial score (nSPS) is 10.4. The van der Waals surface area contributed by atoms with E-state index in [1.165, 1.54) is 12.1 Å². The van der Waals surface area contributed by atoms with E-state index in [2.05, 4.69) is 5.32 Å². The van der Waals surface area contributed by atoms with E-state index in [1.54, 1.807) is 12.1 Å². The van der Waals surface area contributed by atoms with Crippen LogP contribution in [0.2, 0.25) is 15.1 Å². The number of anilines is 2. The number of carbonyl (C=O) groups excluding carboxylic acids is 1. The van der Waals surface area contributed by atoms with Crippen LogP contribution in [-0.2, 0) is 0 Å². The predicted molar refractivity (Wildman–Crippen MR) is 85.0 cm³/mol. The Bertz CT molecular complexity index is 686. The molecular weight excluding hydrogens is 319 g/mol. The molecule has 0 aliphatic heterocycles. The summed E-state index contributed by atoms with van der Waals surface area (Å²) in [5.74, 6) is -0.421. The average Bonchev–Trinajstić information content (AvgIpc) is 2.37. The molecule has 2 aromatic carbocycles. The Morgan fingerprint density at radius 1 is 1.10 bits per heavy atom. The maximum atomic E-state index is 12.2. The first-order chi connectivity index (χ1) is 9.38. The lowest BCUT2D eigenvalue weighted by molar-refractivity contribution is 0.102. The molecule has 0 bridgehead atoms. The third-order valence-corrected chi connectivity index (χ3v) is 3.78. The van der Waals surface area contributed by atoms with Crippen molar-refractivity contribution in [1.29, 1.82) is 0 Å². The van der Waals surface area contributed by atoms with Gasteiger partial charge in [0.15, 0.2) is 0 Å². The topological polar surface area (TPSA) is 55.1 Å². The molecule has 0 aliphatic carbocycles. The van der Waals surface area contributed by atoms with E-state index in [1.807, 2.05) is 13.0 Å². The first kappa shape index (κ1) is 15.0. The zero-order chi connectivity index (χ0) is 14.9. The smallest absolute Gasteiger partial charge is 0.257 e. The molecule has 0 aromatic heterocycles. The summed E-state index contributed by atoms with van der Waals surface area (Å²) >= 11 is 18.0. The highest BCUT2D eigenvalue weighted by atomic mass is 35.5. The maximum Gasteiger partial charge on any atom is 0.257 e. The fourth-order valence-electron chi connectivity index (χ4n) is 1.69. The Labute approximate surface area is 131 Å². The highest BCUT2D eigenvalue weighted by Crippen LogP contribution is 2.30. The van der Waals surface area contributed by atoms with E-state index in [0.717, 1.165) is 5.56 Å². The number of rotatable bonds is 2. The van der Waals surface area contributed by atoms with Crippen LogP contribution in [0.15, 0.2) is 30.3 Å². The lowest BCUT2D eigenvalue weighted by Crippen LogP contribution is -2.13. The molecule has 0 unspecified atom stereocenters. The molecule has 6 heteroatoms. The van der Waals surface area contributed by atoms with Crippen molar-refractivity contribution in [1.82, 2.24) is 0 Å². The van der Waals surface area contributed by atoms with Gasteiger partial charge in [0.25, 0.3) is 5.91 Å². The predicted octanol–water partition coefficient (Wildman–Crippen LogP) is 4.79. The minimum Gasteiger partial charge on any atom is -0.399 e. The van der Waals surface area contributed by atoms with Gasteiger partial charge in [-0.25, -0.2) is 0 Å². The number of nitrogens with one attached hydrogen (secondary N) is 1. The summed E-state index contributed by atoms with van der Waals surface area (Å²) in [6.45, 7) is 1.91. The van der Waals surface area contributed by atoms with Crippen LogP contribution >= 0.6 is 34.8 Å². The zero-order valence-corrected chi connectivity index (χ0v) is 12.8. The molecule has 0 radical (unpaired) electrons. The van der Waals surface area contributed by atoms with Crippen LogP contribution < -0.4 is 11.1 Å². The Hall–Kier alpha value is -1.42. The molecule has 0 aliphatic rings. The van der Waals surface area contributed by atoms with Crippen LogP contribution in [0.5, 0.6) is 0 Å². The summed E-state index contributed by atoms with van der Waals surface area (Å²) in [6, 6.07) is 8.27. The van der Waals surface area contributed by atoms with Crippen LogP contribution in [0.3, 0.4) is 0 Å². The van der Waals surface area contributed by atoms with Gasteiger partial charge in [-0.1, -0.05) is 40.9 Å². The molecule has 2 rings (SSSR count). The Morgan fingerprint density at radius 3 is 2.45 bits per heavy atom. The minimum atomic E-state index is -0.421. The van der Waals surface area contributed by atoms with Crippen molar-refractivity contribution >= 4 is 52.1 Å². The number of hydrogen-bond acceptors (Lipinski definition) is 2. The average molecular weight is 330 g/mol. The van der Waals surface area contributed by atoms with Gasteiger partial charge in [0.05, 0.1) is 26.3 Å². The Balaban J connectivity index is 2.33. The molecule has 0 saturated carbocycles. The molecule has 104 valence electrons. The van der Waals surface area contributed by atoms with Gasteiger partial charge in [-0.15, -0.1) is 0 Å². The Kier molecular flexibility index (Phi) is 4.43. The largest absolute Gasteiger partial charge is 0.399 e. The second-order valence-electron chi connectivity index (χ2n) is 4.30. The molecule has 3 N–H and O–H groups in total. The van der Waals surface area contributed by atoms with Gasteiger partial charge in [-0.3, -0.25) is 4.79 Å². The van der Waals surface area contributed by atoms with Crippen LogP contribution in [0.25, 0.3) is 0 Å². The summed E-state index contributed by atoms with van der Waals surface area (Å²) in [4.78, 5) is 12.2. The molecule has 2 aromatic rings. The van der Waals surface area contributed by atoms with Crippen molar-refractivity contribution in [3.05, 3.63) is 56.5 Å². The van der Waals surface area contributed by atoms with Gasteiger partial charge in [0.1, 0.15) is 0 Å². The van der Waals surface area contributed by atoms with E-state index < -0.39 is 5.91 Å². The second-order valence-corrected chi connectivity index (χ2v) is 5.49. The lowest BCUT2D eigenvalue weighted by Gasteiger charge is -2.10. The van der Waals surface area contributed by atoms with Gasteiger partial charge in [-0.05, 0) is 36.8 Å². The molecule has 0 spiro atoms. The fraction of sp³-hybridized carbons (Fsp3) is 0.0714. The lowest BCUT2D eigenvalue weighted by atomic mass is 10.1. The third kappa shape index (κ3) is 3.18. The number of aryl methyl sites for hydroxylation is 1. The van der Waals surface area contributed by atoms with E-state index in [0.29, 0.717) is 16.4 Å². The maximum absolute atomic E-state index is 12.2. The second kappa shape index (κ2) is 5.92. The van der Waals surface area contributed by atoms with Gasteiger partial charge in [0, 0.05) is 5.69 Å². The van der Waals surface area contributed by atoms with Gasteiger partial charge in [-0.2, -0.15) is 0 Å². The molecule has 0 heterocycles. The van der Waals surface area contributed by atoms with Crippen molar-refractivity contribution in [2.45, 2.75) is 6.92 Å². The first-order valence-electron chi connectivity index (χ1n) is 5.70. The monoisotopic (exact) mass is 328 g/mol. The van der Waals surface area contributed by atoms with Gasteiger partial charge in [0.2, 0.25) is 0 Å². The number of nitrogen functional groups attached to an aromatic ring is 1. The Morgan fingerprint density at radius 2 is 1.80 bits per heavy atom. The van der Waals surface area contributed by atoms with Crippen LogP contribution in [0.1, 0.15) is 15.9 Å². The van der Waals surface area contributed by atoms with Crippen LogP contribution in [-0.4, -0.2) is 5.91 Å². The molecule has 20 heavy (non-hydrogen) atoms. The molecule has 3 nitrogen and oxygen atoms in total. The molecule has 0 fully saturated rings. The summed E-state index contributed by atoms with van der Waals surface area (Å²) in [6.07, 6.45) is 0. The SMILES string of the molecule is Cc1ccc(NC(=O)c2cc(N)cc(Cl)c2Cl)c(Cl)c1. The molecule has 0 atom stereocenters. The number of amides is 1. The van der Waals surface area contributed by atoms with Crippen molar-refractivity contribution in [2.24, 2.45) is 0 Å². The van der Waals surface area contributed by atoms with Crippen LogP contribution in [0.4, 0.5) is 11.4 Å². The number of halogens is 3. The van der Waals surface area contributed by atoms with E-state index in [4.69, 9.17) is 40.5 Å². The quantitative estimate of drug-likeness (QED) is 0.778. The van der Waals surface area contributed by atoms with Crippen molar-refractivity contribution in [3.8, 4) is 0 Å². The van der Waals surface area contributed by atoms with Crippen molar-refractivity contribution < 1.29 is 4.79 Å². The van der Waals surface area contributed by atoms with Gasteiger partial charge >= 0.3 is 0 Å². The number of hydrogen-bond donors (Lipinski definition) is 2. The molecular formula is C14H11Cl3N2O. The highest BCUT2D eigenvalue weighted by Gasteiger charge is 2.15. The van der Waals surface area contributed by atoms with Crippen molar-refractivity contribution in [3.63, 3.8) is 0 Å². The van der Waals surface area contributed by atoms with E-state index in [9.17, 15) is 4.79 Å². The summed E-state index contributed by atoms with van der Waals surface area (Å²) < 4.78 is 0. The highest BCUT2D eigenvalue weighted by molar-refractivity contribution is 6.44. The number of benzene rings is 2. The number of nitrogens with two attached hydrogens (primary N) is 1.